The van der Waals surface area contributed by atoms with Crippen LogP contribution in [0.3, 0.4) is 0 Å². The average molecular weight is 390 g/mol. The zero-order valence-electron chi connectivity index (χ0n) is 18.3. The van der Waals surface area contributed by atoms with Crippen molar-refractivity contribution in [2.24, 2.45) is 10.9 Å². The van der Waals surface area contributed by atoms with E-state index in [0.717, 1.165) is 12.0 Å². The Kier molecular flexibility index (Phi) is 5.16. The SMILES string of the molecule is CC1CC=C(C2=CC(c3cccnc3)=CC(B3OC(C)(C)C(C)(C)O3)C2C)C=N1. The van der Waals surface area contributed by atoms with E-state index in [1.165, 1.54) is 16.7 Å². The van der Waals surface area contributed by atoms with Crippen LogP contribution in [-0.2, 0) is 9.31 Å². The summed E-state index contributed by atoms with van der Waals surface area (Å²) in [5.41, 5.74) is 4.09. The van der Waals surface area contributed by atoms with Crippen LogP contribution in [0.5, 0.6) is 0 Å². The molecule has 3 atom stereocenters. The quantitative estimate of drug-likeness (QED) is 0.659. The molecule has 0 N–H and O–H groups in total. The van der Waals surface area contributed by atoms with Crippen LogP contribution < -0.4 is 0 Å². The Hall–Kier alpha value is -1.98. The van der Waals surface area contributed by atoms with Crippen LogP contribution in [0.2, 0.25) is 5.82 Å². The van der Waals surface area contributed by atoms with E-state index in [2.05, 4.69) is 75.8 Å². The maximum Gasteiger partial charge on any atom is 0.465 e. The number of pyridine rings is 1. The van der Waals surface area contributed by atoms with Gasteiger partial charge < -0.3 is 9.31 Å². The Morgan fingerprint density at radius 2 is 1.79 bits per heavy atom. The lowest BCUT2D eigenvalue weighted by Gasteiger charge is -2.32. The molecule has 152 valence electrons. The fourth-order valence-corrected chi connectivity index (χ4v) is 4.14. The molecule has 4 nitrogen and oxygen atoms in total. The van der Waals surface area contributed by atoms with E-state index in [1.54, 1.807) is 0 Å². The van der Waals surface area contributed by atoms with Crippen LogP contribution in [0.4, 0.5) is 0 Å². The molecule has 0 aromatic carbocycles. The number of hydrogen-bond acceptors (Lipinski definition) is 4. The van der Waals surface area contributed by atoms with Gasteiger partial charge in [-0.25, -0.2) is 0 Å². The van der Waals surface area contributed by atoms with Gasteiger partial charge in [0.1, 0.15) is 0 Å². The first kappa shape index (κ1) is 20.3. The third-order valence-corrected chi connectivity index (χ3v) is 6.81. The zero-order valence-corrected chi connectivity index (χ0v) is 18.3. The van der Waals surface area contributed by atoms with Crippen molar-refractivity contribution < 1.29 is 9.31 Å². The van der Waals surface area contributed by atoms with Crippen molar-refractivity contribution in [3.05, 3.63) is 59.5 Å². The molecule has 3 heterocycles. The summed E-state index contributed by atoms with van der Waals surface area (Å²) in [4.78, 5) is 8.98. The van der Waals surface area contributed by atoms with Crippen LogP contribution in [0.25, 0.3) is 5.57 Å². The lowest BCUT2D eigenvalue weighted by molar-refractivity contribution is 0.00578. The summed E-state index contributed by atoms with van der Waals surface area (Å²) in [5, 5.41) is 0. The molecule has 0 amide bonds. The lowest BCUT2D eigenvalue weighted by atomic mass is 9.60. The van der Waals surface area contributed by atoms with Crippen LogP contribution in [0.15, 0.2) is 58.9 Å². The van der Waals surface area contributed by atoms with Crippen LogP contribution >= 0.6 is 0 Å². The first-order valence-electron chi connectivity index (χ1n) is 10.6. The first-order chi connectivity index (χ1) is 13.7. The van der Waals surface area contributed by atoms with Gasteiger partial charge in [0, 0.05) is 24.4 Å². The largest absolute Gasteiger partial charge is 0.465 e. The molecule has 0 spiro atoms. The minimum Gasteiger partial charge on any atom is -0.403 e. The summed E-state index contributed by atoms with van der Waals surface area (Å²) in [7, 11) is -0.287. The Morgan fingerprint density at radius 3 is 2.38 bits per heavy atom. The van der Waals surface area contributed by atoms with Crippen molar-refractivity contribution in [3.8, 4) is 0 Å². The van der Waals surface area contributed by atoms with E-state index >= 15 is 0 Å². The molecule has 5 heteroatoms. The highest BCUT2D eigenvalue weighted by Gasteiger charge is 2.54. The maximum atomic E-state index is 6.45. The van der Waals surface area contributed by atoms with Gasteiger partial charge in [0.15, 0.2) is 0 Å². The van der Waals surface area contributed by atoms with E-state index in [0.29, 0.717) is 6.04 Å². The van der Waals surface area contributed by atoms with Crippen molar-refractivity contribution in [2.45, 2.75) is 71.0 Å². The van der Waals surface area contributed by atoms with Gasteiger partial charge in [0.05, 0.1) is 17.2 Å². The third kappa shape index (κ3) is 3.78. The number of dihydropyridines is 1. The summed E-state index contributed by atoms with van der Waals surface area (Å²) >= 11 is 0. The summed E-state index contributed by atoms with van der Waals surface area (Å²) in [6.45, 7) is 12.9. The van der Waals surface area contributed by atoms with Crippen molar-refractivity contribution in [1.29, 1.82) is 0 Å². The van der Waals surface area contributed by atoms with Crippen molar-refractivity contribution >= 4 is 18.9 Å². The minimum absolute atomic E-state index is 0.111. The standard InChI is InChI=1S/C24H31BN2O2/c1-16-9-10-19(15-27-16)21-12-20(18-8-7-11-26-14-18)13-22(17(21)2)25-28-23(3,4)24(5,6)29-25/h7-8,10-17,22H,9H2,1-6H3. The normalized spacial score (nSPS) is 30.6. The van der Waals surface area contributed by atoms with Gasteiger partial charge in [-0.15, -0.1) is 0 Å². The second kappa shape index (κ2) is 7.37. The molecule has 0 saturated carbocycles. The highest BCUT2D eigenvalue weighted by Crippen LogP contribution is 2.47. The summed E-state index contributed by atoms with van der Waals surface area (Å²) in [5.74, 6) is 0.371. The van der Waals surface area contributed by atoms with Gasteiger partial charge >= 0.3 is 7.12 Å². The summed E-state index contributed by atoms with van der Waals surface area (Å²) in [6, 6.07) is 4.44. The van der Waals surface area contributed by atoms with E-state index in [4.69, 9.17) is 9.31 Å². The number of nitrogens with zero attached hydrogens (tertiary/aromatic N) is 2. The highest BCUT2D eigenvalue weighted by molar-refractivity contribution is 6.48. The van der Waals surface area contributed by atoms with Gasteiger partial charge in [-0.05, 0) is 75.3 Å². The predicted octanol–water partition coefficient (Wildman–Crippen LogP) is 5.29. The molecule has 2 aliphatic heterocycles. The number of allylic oxidation sites excluding steroid dienone is 5. The highest BCUT2D eigenvalue weighted by atomic mass is 16.7. The van der Waals surface area contributed by atoms with Crippen LogP contribution in [0, 0.1) is 5.92 Å². The fraction of sp³-hybridized carbons (Fsp3) is 0.500. The maximum absolute atomic E-state index is 6.45. The molecule has 0 radical (unpaired) electrons. The molecule has 3 unspecified atom stereocenters. The number of rotatable bonds is 3. The molecular formula is C24H31BN2O2. The Bertz CT molecular complexity index is 883. The van der Waals surface area contributed by atoms with Crippen LogP contribution in [-0.4, -0.2) is 35.6 Å². The van der Waals surface area contributed by atoms with Crippen LogP contribution in [0.1, 0.15) is 53.5 Å². The van der Waals surface area contributed by atoms with Gasteiger partial charge in [-0.1, -0.05) is 31.2 Å². The molecule has 1 fully saturated rings. The van der Waals surface area contributed by atoms with E-state index in [-0.39, 0.29) is 30.1 Å². The topological polar surface area (TPSA) is 43.7 Å². The van der Waals surface area contributed by atoms with Crippen molar-refractivity contribution in [2.75, 3.05) is 0 Å². The van der Waals surface area contributed by atoms with E-state index in [9.17, 15) is 0 Å². The summed E-state index contributed by atoms with van der Waals surface area (Å²) < 4.78 is 12.9. The molecule has 4 rings (SSSR count). The lowest BCUT2D eigenvalue weighted by Crippen LogP contribution is -2.41. The minimum atomic E-state index is -0.345. The second-order valence-corrected chi connectivity index (χ2v) is 9.48. The molecule has 3 aliphatic rings. The van der Waals surface area contributed by atoms with Gasteiger partial charge in [-0.3, -0.25) is 9.98 Å². The van der Waals surface area contributed by atoms with E-state index in [1.807, 2.05) is 24.7 Å². The number of aliphatic imine (C=N–C) groups is 1. The Labute approximate surface area is 175 Å². The van der Waals surface area contributed by atoms with Crippen molar-refractivity contribution in [1.82, 2.24) is 4.98 Å². The van der Waals surface area contributed by atoms with Crippen molar-refractivity contribution in [3.63, 3.8) is 0 Å². The molecule has 29 heavy (non-hydrogen) atoms. The number of aromatic nitrogens is 1. The molecule has 0 bridgehead atoms. The first-order valence-corrected chi connectivity index (χ1v) is 10.6. The molecule has 1 aromatic rings. The Balaban J connectivity index is 1.73. The van der Waals surface area contributed by atoms with Gasteiger partial charge in [0.25, 0.3) is 0 Å². The average Bonchev–Trinajstić information content (AvgIpc) is 2.90. The molecule has 1 aliphatic carbocycles. The molecular weight excluding hydrogens is 359 g/mol. The molecule has 1 aromatic heterocycles. The monoisotopic (exact) mass is 390 g/mol. The summed E-state index contributed by atoms with van der Waals surface area (Å²) in [6.07, 6.45) is 13.6. The number of hydrogen-bond donors (Lipinski definition) is 0. The van der Waals surface area contributed by atoms with E-state index < -0.39 is 0 Å². The zero-order chi connectivity index (χ0) is 20.8. The fourth-order valence-electron chi connectivity index (χ4n) is 4.14. The Morgan fingerprint density at radius 1 is 1.07 bits per heavy atom. The third-order valence-electron chi connectivity index (χ3n) is 6.81. The van der Waals surface area contributed by atoms with Gasteiger partial charge in [-0.2, -0.15) is 0 Å². The predicted molar refractivity (Wildman–Crippen MR) is 120 cm³/mol. The smallest absolute Gasteiger partial charge is 0.403 e. The molecule has 1 saturated heterocycles. The van der Waals surface area contributed by atoms with Gasteiger partial charge in [0.2, 0.25) is 0 Å². The second-order valence-electron chi connectivity index (χ2n) is 9.48.